The van der Waals surface area contributed by atoms with E-state index in [0.717, 1.165) is 31.0 Å². The molecule has 0 saturated carbocycles. The molecule has 0 radical (unpaired) electrons. The lowest BCUT2D eigenvalue weighted by atomic mass is 9.96. The Bertz CT molecular complexity index is 622. The van der Waals surface area contributed by atoms with E-state index in [-0.39, 0.29) is 0 Å². The van der Waals surface area contributed by atoms with Gasteiger partial charge in [-0.1, -0.05) is 0 Å². The molecule has 1 aliphatic carbocycles. The number of nitrogens with one attached hydrogen (secondary N) is 1. The Morgan fingerprint density at radius 1 is 1.15 bits per heavy atom. The highest BCUT2D eigenvalue weighted by Gasteiger charge is 2.16. The molecule has 2 aromatic heterocycles. The van der Waals surface area contributed by atoms with Crippen LogP contribution in [-0.4, -0.2) is 15.0 Å². The van der Waals surface area contributed by atoms with Crippen molar-refractivity contribution in [3.8, 4) is 0 Å². The molecule has 0 amide bonds. The Balaban J connectivity index is 1.84. The highest BCUT2D eigenvalue weighted by Crippen LogP contribution is 2.25. The first-order chi connectivity index (χ1) is 9.74. The van der Waals surface area contributed by atoms with Gasteiger partial charge in [0, 0.05) is 30.2 Å². The van der Waals surface area contributed by atoms with Gasteiger partial charge in [0.25, 0.3) is 0 Å². The summed E-state index contributed by atoms with van der Waals surface area (Å²) in [6.07, 6.45) is 8.39. The van der Waals surface area contributed by atoms with E-state index in [2.05, 4.69) is 33.3 Å². The van der Waals surface area contributed by atoms with Gasteiger partial charge >= 0.3 is 0 Å². The number of anilines is 1. The van der Waals surface area contributed by atoms with E-state index >= 15 is 0 Å². The molecule has 104 valence electrons. The van der Waals surface area contributed by atoms with Crippen molar-refractivity contribution in [1.82, 2.24) is 15.0 Å². The van der Waals surface area contributed by atoms with E-state index < -0.39 is 0 Å². The van der Waals surface area contributed by atoms with Crippen LogP contribution in [0.5, 0.6) is 0 Å². The van der Waals surface area contributed by atoms with Crippen molar-refractivity contribution in [3.63, 3.8) is 0 Å². The van der Waals surface area contributed by atoms with Gasteiger partial charge in [-0.15, -0.1) is 0 Å². The van der Waals surface area contributed by atoms with Crippen molar-refractivity contribution >= 4 is 5.82 Å². The fourth-order valence-electron chi connectivity index (χ4n) is 2.74. The molecule has 4 heteroatoms. The lowest BCUT2D eigenvalue weighted by Crippen LogP contribution is -2.14. The molecule has 0 aliphatic heterocycles. The first kappa shape index (κ1) is 13.0. The van der Waals surface area contributed by atoms with E-state index in [9.17, 15) is 0 Å². The first-order valence-corrected chi connectivity index (χ1v) is 7.24. The van der Waals surface area contributed by atoms with Gasteiger partial charge in [0.1, 0.15) is 11.6 Å². The molecule has 4 nitrogen and oxygen atoms in total. The fourth-order valence-corrected chi connectivity index (χ4v) is 2.74. The van der Waals surface area contributed by atoms with Crippen molar-refractivity contribution < 1.29 is 0 Å². The zero-order chi connectivity index (χ0) is 13.9. The average molecular weight is 268 g/mol. The van der Waals surface area contributed by atoms with E-state index in [1.807, 2.05) is 19.3 Å². The third kappa shape index (κ3) is 2.64. The van der Waals surface area contributed by atoms with Gasteiger partial charge in [-0.25, -0.2) is 9.97 Å². The van der Waals surface area contributed by atoms with Gasteiger partial charge in [-0.05, 0) is 56.7 Å². The number of rotatable bonds is 3. The third-order valence-corrected chi connectivity index (χ3v) is 3.88. The summed E-state index contributed by atoms with van der Waals surface area (Å²) in [7, 11) is 0. The summed E-state index contributed by atoms with van der Waals surface area (Å²) in [5, 5.41) is 3.49. The Morgan fingerprint density at radius 3 is 2.85 bits per heavy atom. The second-order valence-electron chi connectivity index (χ2n) is 5.41. The molecule has 1 aliphatic rings. The van der Waals surface area contributed by atoms with Crippen LogP contribution in [0.3, 0.4) is 0 Å². The van der Waals surface area contributed by atoms with Gasteiger partial charge < -0.3 is 5.32 Å². The maximum Gasteiger partial charge on any atom is 0.133 e. The second kappa shape index (κ2) is 5.57. The van der Waals surface area contributed by atoms with Crippen LogP contribution in [0.1, 0.15) is 41.1 Å². The van der Waals surface area contributed by atoms with Crippen molar-refractivity contribution in [2.75, 3.05) is 5.32 Å². The summed E-state index contributed by atoms with van der Waals surface area (Å²) in [5.74, 6) is 1.88. The molecule has 2 heterocycles. The number of nitrogens with zero attached hydrogens (tertiary/aromatic N) is 3. The molecule has 0 atom stereocenters. The fraction of sp³-hybridized carbons (Fsp3) is 0.438. The first-order valence-electron chi connectivity index (χ1n) is 7.24. The number of pyridine rings is 1. The maximum atomic E-state index is 4.59. The standard InChI is InChI=1S/C16H20N4/c1-11-9-17-8-7-13(11)10-18-16-14-5-3-4-6-15(14)19-12(2)20-16/h7-9H,3-6,10H2,1-2H3,(H,18,19,20). The highest BCUT2D eigenvalue weighted by molar-refractivity contribution is 5.48. The van der Waals surface area contributed by atoms with Crippen LogP contribution in [-0.2, 0) is 19.4 Å². The summed E-state index contributed by atoms with van der Waals surface area (Å²) in [6, 6.07) is 2.06. The number of hydrogen-bond acceptors (Lipinski definition) is 4. The molecule has 2 aromatic rings. The Hall–Kier alpha value is -1.97. The predicted octanol–water partition coefficient (Wildman–Crippen LogP) is 2.98. The molecule has 1 N–H and O–H groups in total. The minimum absolute atomic E-state index is 0.789. The molecule has 0 unspecified atom stereocenters. The zero-order valence-electron chi connectivity index (χ0n) is 12.1. The van der Waals surface area contributed by atoms with Crippen molar-refractivity contribution in [2.24, 2.45) is 0 Å². The van der Waals surface area contributed by atoms with Gasteiger partial charge in [-0.2, -0.15) is 0 Å². The minimum Gasteiger partial charge on any atom is -0.366 e. The van der Waals surface area contributed by atoms with E-state index in [0.29, 0.717) is 0 Å². The van der Waals surface area contributed by atoms with Gasteiger partial charge in [0.05, 0.1) is 0 Å². The number of aryl methyl sites for hydroxylation is 3. The predicted molar refractivity (Wildman–Crippen MR) is 79.7 cm³/mol. The molecule has 0 spiro atoms. The van der Waals surface area contributed by atoms with Crippen LogP contribution in [0.15, 0.2) is 18.5 Å². The second-order valence-corrected chi connectivity index (χ2v) is 5.41. The number of hydrogen-bond donors (Lipinski definition) is 1. The van der Waals surface area contributed by atoms with Gasteiger partial charge in [0.15, 0.2) is 0 Å². The van der Waals surface area contributed by atoms with Crippen molar-refractivity contribution in [3.05, 3.63) is 46.7 Å². The normalized spacial score (nSPS) is 13.9. The lowest BCUT2D eigenvalue weighted by Gasteiger charge is -2.19. The smallest absolute Gasteiger partial charge is 0.133 e. The summed E-state index contributed by atoms with van der Waals surface area (Å²) in [6.45, 7) is 4.85. The van der Waals surface area contributed by atoms with Gasteiger partial charge in [0.2, 0.25) is 0 Å². The summed E-state index contributed by atoms with van der Waals surface area (Å²) >= 11 is 0. The number of fused-ring (bicyclic) bond motifs is 1. The van der Waals surface area contributed by atoms with Crippen LogP contribution >= 0.6 is 0 Å². The third-order valence-electron chi connectivity index (χ3n) is 3.88. The maximum absolute atomic E-state index is 4.59. The topological polar surface area (TPSA) is 50.7 Å². The van der Waals surface area contributed by atoms with Crippen LogP contribution in [0, 0.1) is 13.8 Å². The van der Waals surface area contributed by atoms with Crippen molar-refractivity contribution in [2.45, 2.75) is 46.1 Å². The largest absolute Gasteiger partial charge is 0.366 e. The average Bonchev–Trinajstić information content (AvgIpc) is 2.46. The highest BCUT2D eigenvalue weighted by atomic mass is 15.0. The van der Waals surface area contributed by atoms with Crippen LogP contribution in [0.25, 0.3) is 0 Å². The Labute approximate surface area is 119 Å². The molecule has 0 aromatic carbocycles. The molecule has 0 fully saturated rings. The van der Waals surface area contributed by atoms with Crippen LogP contribution in [0.2, 0.25) is 0 Å². The summed E-state index contributed by atoms with van der Waals surface area (Å²) < 4.78 is 0. The Kier molecular flexibility index (Phi) is 3.63. The van der Waals surface area contributed by atoms with E-state index in [1.165, 1.54) is 35.2 Å². The SMILES string of the molecule is Cc1nc2c(c(NCc3ccncc3C)n1)CCCC2. The molecule has 20 heavy (non-hydrogen) atoms. The lowest BCUT2D eigenvalue weighted by molar-refractivity contribution is 0.659. The molecule has 3 rings (SSSR count). The van der Waals surface area contributed by atoms with E-state index in [1.54, 1.807) is 0 Å². The van der Waals surface area contributed by atoms with Crippen LogP contribution < -0.4 is 5.32 Å². The van der Waals surface area contributed by atoms with Crippen molar-refractivity contribution in [1.29, 1.82) is 0 Å². The number of aromatic nitrogens is 3. The molecule has 0 saturated heterocycles. The Morgan fingerprint density at radius 2 is 2.00 bits per heavy atom. The molecular formula is C16H20N4. The minimum atomic E-state index is 0.789. The monoisotopic (exact) mass is 268 g/mol. The van der Waals surface area contributed by atoms with Gasteiger partial charge in [-0.3, -0.25) is 4.98 Å². The van der Waals surface area contributed by atoms with Crippen LogP contribution in [0.4, 0.5) is 5.82 Å². The molecular weight excluding hydrogens is 248 g/mol. The molecule has 0 bridgehead atoms. The quantitative estimate of drug-likeness (QED) is 0.929. The summed E-state index contributed by atoms with van der Waals surface area (Å²) in [5.41, 5.74) is 5.02. The summed E-state index contributed by atoms with van der Waals surface area (Å²) in [4.78, 5) is 13.3. The zero-order valence-corrected chi connectivity index (χ0v) is 12.1. The van der Waals surface area contributed by atoms with E-state index in [4.69, 9.17) is 0 Å².